The van der Waals surface area contributed by atoms with E-state index < -0.39 is 17.9 Å². The minimum absolute atomic E-state index is 0.00308. The Balaban J connectivity index is 3.15. The van der Waals surface area contributed by atoms with E-state index in [9.17, 15) is 18.0 Å². The van der Waals surface area contributed by atoms with E-state index in [4.69, 9.17) is 0 Å². The van der Waals surface area contributed by atoms with E-state index in [1.165, 1.54) is 14.0 Å². The van der Waals surface area contributed by atoms with Crippen molar-refractivity contribution >= 4 is 5.91 Å². The number of aryl methyl sites for hydroxylation is 1. The molecular formula is C8H8F3N3O. The van der Waals surface area contributed by atoms with E-state index in [1.807, 2.05) is 0 Å². The zero-order chi connectivity index (χ0) is 11.6. The maximum absolute atomic E-state index is 12.2. The Labute approximate surface area is 83.5 Å². The van der Waals surface area contributed by atoms with Gasteiger partial charge in [0, 0.05) is 13.2 Å². The lowest BCUT2D eigenvalue weighted by molar-refractivity contribution is -0.145. The van der Waals surface area contributed by atoms with Crippen LogP contribution in [0, 0.1) is 6.92 Å². The number of amides is 1. The Morgan fingerprint density at radius 3 is 2.47 bits per heavy atom. The van der Waals surface area contributed by atoms with Gasteiger partial charge in [-0.1, -0.05) is 0 Å². The van der Waals surface area contributed by atoms with Crippen molar-refractivity contribution in [2.24, 2.45) is 0 Å². The van der Waals surface area contributed by atoms with Crippen LogP contribution >= 0.6 is 0 Å². The molecule has 0 saturated carbocycles. The third kappa shape index (κ3) is 2.42. The number of rotatable bonds is 1. The Bertz CT molecular complexity index is 389. The number of carbonyl (C=O) groups is 1. The normalized spacial score (nSPS) is 11.3. The standard InChI is InChI=1S/C8H8F3N3O/c1-4-5(6(15)12-2)3-13-7(14-4)8(9,10)11/h3H,1-2H3,(H,12,15). The molecule has 1 aromatic heterocycles. The average molecular weight is 219 g/mol. The molecule has 0 aliphatic rings. The average Bonchev–Trinajstić information content (AvgIpc) is 2.15. The monoisotopic (exact) mass is 219 g/mol. The van der Waals surface area contributed by atoms with Crippen molar-refractivity contribution in [2.75, 3.05) is 7.05 Å². The fraction of sp³-hybridized carbons (Fsp3) is 0.375. The highest BCUT2D eigenvalue weighted by molar-refractivity contribution is 5.94. The van der Waals surface area contributed by atoms with E-state index >= 15 is 0 Å². The molecule has 0 saturated heterocycles. The van der Waals surface area contributed by atoms with Gasteiger partial charge in [0.25, 0.3) is 5.91 Å². The number of nitrogens with zero attached hydrogens (tertiary/aromatic N) is 2. The van der Waals surface area contributed by atoms with Crippen LogP contribution < -0.4 is 5.32 Å². The van der Waals surface area contributed by atoms with E-state index in [0.29, 0.717) is 0 Å². The number of alkyl halides is 3. The lowest BCUT2D eigenvalue weighted by Gasteiger charge is -2.07. The van der Waals surface area contributed by atoms with Crippen LogP contribution in [-0.2, 0) is 6.18 Å². The molecule has 1 rings (SSSR count). The summed E-state index contributed by atoms with van der Waals surface area (Å²) in [5, 5.41) is 2.28. The quantitative estimate of drug-likeness (QED) is 0.771. The van der Waals surface area contributed by atoms with Crippen LogP contribution in [0.3, 0.4) is 0 Å². The molecule has 0 bridgehead atoms. The number of hydrogen-bond acceptors (Lipinski definition) is 3. The fourth-order valence-corrected chi connectivity index (χ4v) is 0.961. The summed E-state index contributed by atoms with van der Waals surface area (Å²) in [4.78, 5) is 17.4. The van der Waals surface area contributed by atoms with Gasteiger partial charge >= 0.3 is 6.18 Å². The molecule has 0 aliphatic heterocycles. The molecule has 0 fully saturated rings. The Kier molecular flexibility index (Phi) is 2.92. The maximum atomic E-state index is 12.2. The van der Waals surface area contributed by atoms with Crippen molar-refractivity contribution in [3.63, 3.8) is 0 Å². The highest BCUT2D eigenvalue weighted by atomic mass is 19.4. The minimum atomic E-state index is -4.59. The molecule has 15 heavy (non-hydrogen) atoms. The summed E-state index contributed by atoms with van der Waals surface area (Å²) in [6, 6.07) is 0. The summed E-state index contributed by atoms with van der Waals surface area (Å²) in [6.07, 6.45) is -3.73. The fourth-order valence-electron chi connectivity index (χ4n) is 0.961. The summed E-state index contributed by atoms with van der Waals surface area (Å²) >= 11 is 0. The molecule has 0 unspecified atom stereocenters. The molecule has 0 atom stereocenters. The van der Waals surface area contributed by atoms with Crippen LogP contribution in [0.2, 0.25) is 0 Å². The number of hydrogen-bond donors (Lipinski definition) is 1. The summed E-state index contributed by atoms with van der Waals surface area (Å²) in [5.74, 6) is -1.76. The van der Waals surface area contributed by atoms with Gasteiger partial charge in [0.15, 0.2) is 0 Å². The van der Waals surface area contributed by atoms with Crippen LogP contribution in [0.1, 0.15) is 21.9 Å². The predicted molar refractivity (Wildman–Crippen MR) is 45.2 cm³/mol. The van der Waals surface area contributed by atoms with Crippen molar-refractivity contribution in [1.29, 1.82) is 0 Å². The van der Waals surface area contributed by atoms with Crippen molar-refractivity contribution in [3.05, 3.63) is 23.3 Å². The van der Waals surface area contributed by atoms with Crippen LogP contribution in [0.15, 0.2) is 6.20 Å². The van der Waals surface area contributed by atoms with Gasteiger partial charge in [-0.2, -0.15) is 13.2 Å². The molecule has 1 N–H and O–H groups in total. The Hall–Kier alpha value is -1.66. The number of nitrogens with one attached hydrogen (secondary N) is 1. The van der Waals surface area contributed by atoms with Crippen molar-refractivity contribution in [1.82, 2.24) is 15.3 Å². The number of aromatic nitrogens is 2. The van der Waals surface area contributed by atoms with E-state index in [0.717, 1.165) is 6.20 Å². The molecule has 1 amide bonds. The van der Waals surface area contributed by atoms with Gasteiger partial charge in [-0.05, 0) is 6.92 Å². The molecule has 1 heterocycles. The lowest BCUT2D eigenvalue weighted by Crippen LogP contribution is -2.21. The largest absolute Gasteiger partial charge is 0.451 e. The third-order valence-electron chi connectivity index (χ3n) is 1.70. The summed E-state index contributed by atoms with van der Waals surface area (Å²) in [5.41, 5.74) is 0.0298. The molecule has 0 aromatic carbocycles. The van der Waals surface area contributed by atoms with Gasteiger partial charge in [-0.25, -0.2) is 9.97 Å². The van der Waals surface area contributed by atoms with Crippen LogP contribution in [-0.4, -0.2) is 22.9 Å². The molecular weight excluding hydrogens is 211 g/mol. The first-order valence-corrected chi connectivity index (χ1v) is 3.99. The van der Waals surface area contributed by atoms with Crippen LogP contribution in [0.4, 0.5) is 13.2 Å². The highest BCUT2D eigenvalue weighted by Gasteiger charge is 2.35. The van der Waals surface area contributed by atoms with Crippen molar-refractivity contribution in [2.45, 2.75) is 13.1 Å². The van der Waals surface area contributed by atoms with E-state index in [1.54, 1.807) is 0 Å². The topological polar surface area (TPSA) is 54.9 Å². The molecule has 4 nitrogen and oxygen atoms in total. The first kappa shape index (κ1) is 11.4. The second-order valence-corrected chi connectivity index (χ2v) is 2.77. The first-order chi connectivity index (χ1) is 6.86. The zero-order valence-corrected chi connectivity index (χ0v) is 8.01. The molecule has 82 valence electrons. The molecule has 0 aliphatic carbocycles. The van der Waals surface area contributed by atoms with Gasteiger partial charge in [-0.3, -0.25) is 4.79 Å². The first-order valence-electron chi connectivity index (χ1n) is 3.99. The maximum Gasteiger partial charge on any atom is 0.451 e. The summed E-state index contributed by atoms with van der Waals surface area (Å²) in [7, 11) is 1.37. The number of halogens is 3. The Morgan fingerprint density at radius 2 is 2.07 bits per heavy atom. The van der Waals surface area contributed by atoms with Gasteiger partial charge in [0.2, 0.25) is 5.82 Å². The third-order valence-corrected chi connectivity index (χ3v) is 1.70. The van der Waals surface area contributed by atoms with Crippen molar-refractivity contribution in [3.8, 4) is 0 Å². The van der Waals surface area contributed by atoms with Crippen molar-refractivity contribution < 1.29 is 18.0 Å². The highest BCUT2D eigenvalue weighted by Crippen LogP contribution is 2.26. The van der Waals surface area contributed by atoms with Crippen LogP contribution in [0.5, 0.6) is 0 Å². The lowest BCUT2D eigenvalue weighted by atomic mass is 10.2. The van der Waals surface area contributed by atoms with E-state index in [2.05, 4.69) is 15.3 Å². The second-order valence-electron chi connectivity index (χ2n) is 2.77. The molecule has 1 aromatic rings. The van der Waals surface area contributed by atoms with Gasteiger partial charge in [0.05, 0.1) is 11.3 Å². The molecule has 7 heteroatoms. The van der Waals surface area contributed by atoms with Gasteiger partial charge in [0.1, 0.15) is 0 Å². The predicted octanol–water partition coefficient (Wildman–Crippen LogP) is 1.16. The second kappa shape index (κ2) is 3.84. The molecule has 0 radical (unpaired) electrons. The SMILES string of the molecule is CNC(=O)c1cnc(C(F)(F)F)nc1C. The molecule has 0 spiro atoms. The Morgan fingerprint density at radius 1 is 1.47 bits per heavy atom. The summed E-state index contributed by atoms with van der Waals surface area (Å²) in [6.45, 7) is 1.32. The summed E-state index contributed by atoms with van der Waals surface area (Å²) < 4.78 is 36.5. The van der Waals surface area contributed by atoms with Gasteiger partial charge in [-0.15, -0.1) is 0 Å². The minimum Gasteiger partial charge on any atom is -0.355 e. The number of carbonyl (C=O) groups excluding carboxylic acids is 1. The van der Waals surface area contributed by atoms with Crippen LogP contribution in [0.25, 0.3) is 0 Å². The zero-order valence-electron chi connectivity index (χ0n) is 8.01. The van der Waals surface area contributed by atoms with Gasteiger partial charge < -0.3 is 5.32 Å². The van der Waals surface area contributed by atoms with E-state index in [-0.39, 0.29) is 11.3 Å². The smallest absolute Gasteiger partial charge is 0.355 e.